The molecule has 1 aliphatic carbocycles. The number of hydrogen-bond acceptors (Lipinski definition) is 6. The maximum Gasteiger partial charge on any atom is 0.265 e. The number of methoxy groups -OCH3 is 1. The third kappa shape index (κ3) is 3.34. The van der Waals surface area contributed by atoms with Crippen molar-refractivity contribution in [3.05, 3.63) is 0 Å². The highest BCUT2D eigenvalue weighted by Crippen LogP contribution is 2.52. The van der Waals surface area contributed by atoms with Crippen molar-refractivity contribution in [1.82, 2.24) is 4.90 Å². The van der Waals surface area contributed by atoms with Crippen molar-refractivity contribution in [2.24, 2.45) is 5.92 Å². The fourth-order valence-corrected chi connectivity index (χ4v) is 5.58. The first kappa shape index (κ1) is 18.1. The van der Waals surface area contributed by atoms with Crippen LogP contribution in [0.5, 0.6) is 0 Å². The van der Waals surface area contributed by atoms with Crippen molar-refractivity contribution in [2.45, 2.75) is 62.6 Å². The van der Waals surface area contributed by atoms with Gasteiger partial charge in [-0.3, -0.25) is 8.98 Å². The summed E-state index contributed by atoms with van der Waals surface area (Å²) in [5.74, 6) is 0.122. The minimum absolute atomic E-state index is 0.0343. The molecule has 0 aromatic rings. The first-order valence-electron chi connectivity index (χ1n) is 8.65. The molecule has 0 aromatic carbocycles. The molecule has 0 aromatic heterocycles. The van der Waals surface area contributed by atoms with Crippen LogP contribution in [-0.2, 0) is 28.6 Å². The van der Waals surface area contributed by atoms with E-state index in [1.807, 2.05) is 4.90 Å². The molecule has 8 heteroatoms. The van der Waals surface area contributed by atoms with Crippen LogP contribution in [-0.4, -0.2) is 63.7 Å². The second kappa shape index (κ2) is 6.90. The van der Waals surface area contributed by atoms with Crippen molar-refractivity contribution in [3.8, 4) is 0 Å². The maximum atomic E-state index is 13.1. The molecule has 4 atom stereocenters. The summed E-state index contributed by atoms with van der Waals surface area (Å²) in [5, 5.41) is 0. The molecule has 2 aliphatic heterocycles. The standard InChI is InChI=1S/C16H27NO6S/c1-21-11-22-10-13-6-4-8-16-7-3-5-12(16)9-14(15(18)17(13)16)23-24(2,19)20/h12-14H,3-11H2,1-2H3/t12-,13-,14+,16+/m1/s1. The zero-order chi connectivity index (χ0) is 17.4. The zero-order valence-electron chi connectivity index (χ0n) is 14.4. The van der Waals surface area contributed by atoms with Gasteiger partial charge in [0.25, 0.3) is 16.0 Å². The predicted molar refractivity (Wildman–Crippen MR) is 86.7 cm³/mol. The Labute approximate surface area is 143 Å². The summed E-state index contributed by atoms with van der Waals surface area (Å²) in [4.78, 5) is 15.0. The van der Waals surface area contributed by atoms with Crippen molar-refractivity contribution in [2.75, 3.05) is 26.8 Å². The first-order valence-corrected chi connectivity index (χ1v) is 10.5. The topological polar surface area (TPSA) is 82.1 Å². The average molecular weight is 361 g/mol. The summed E-state index contributed by atoms with van der Waals surface area (Å²) in [7, 11) is -2.10. The van der Waals surface area contributed by atoms with E-state index < -0.39 is 16.2 Å². The van der Waals surface area contributed by atoms with Crippen LogP contribution >= 0.6 is 0 Å². The van der Waals surface area contributed by atoms with Gasteiger partial charge in [-0.1, -0.05) is 6.42 Å². The summed E-state index contributed by atoms with van der Waals surface area (Å²) in [5.41, 5.74) is -0.131. The van der Waals surface area contributed by atoms with Gasteiger partial charge in [-0.25, -0.2) is 0 Å². The number of amides is 1. The van der Waals surface area contributed by atoms with Crippen LogP contribution in [0.4, 0.5) is 0 Å². The van der Waals surface area contributed by atoms with E-state index in [1.165, 1.54) is 0 Å². The maximum absolute atomic E-state index is 13.1. The largest absolute Gasteiger partial charge is 0.359 e. The minimum atomic E-state index is -3.66. The molecule has 3 rings (SSSR count). The van der Waals surface area contributed by atoms with Gasteiger partial charge < -0.3 is 14.4 Å². The number of piperidine rings is 2. The molecule has 1 spiro atoms. The third-order valence-electron chi connectivity index (χ3n) is 5.73. The molecule has 0 radical (unpaired) electrons. The Morgan fingerprint density at radius 2 is 1.96 bits per heavy atom. The monoisotopic (exact) mass is 361 g/mol. The molecular weight excluding hydrogens is 334 g/mol. The number of nitrogens with zero attached hydrogens (tertiary/aromatic N) is 1. The van der Waals surface area contributed by atoms with Crippen LogP contribution in [0.2, 0.25) is 0 Å². The second-order valence-corrected chi connectivity index (χ2v) is 8.85. The van der Waals surface area contributed by atoms with Crippen molar-refractivity contribution in [1.29, 1.82) is 0 Å². The molecule has 138 valence electrons. The summed E-state index contributed by atoms with van der Waals surface area (Å²) in [6.45, 7) is 0.609. The lowest BCUT2D eigenvalue weighted by Crippen LogP contribution is -2.67. The van der Waals surface area contributed by atoms with E-state index in [4.69, 9.17) is 13.7 Å². The highest BCUT2D eigenvalue weighted by Gasteiger charge is 2.58. The Kier molecular flexibility index (Phi) is 5.20. The summed E-state index contributed by atoms with van der Waals surface area (Å²) < 4.78 is 38.7. The molecule has 3 fully saturated rings. The van der Waals surface area contributed by atoms with E-state index in [2.05, 4.69) is 0 Å². The lowest BCUT2D eigenvalue weighted by Gasteiger charge is -2.56. The quantitative estimate of drug-likeness (QED) is 0.403. The smallest absolute Gasteiger partial charge is 0.265 e. The zero-order valence-corrected chi connectivity index (χ0v) is 15.2. The van der Waals surface area contributed by atoms with Gasteiger partial charge in [0, 0.05) is 12.6 Å². The van der Waals surface area contributed by atoms with Gasteiger partial charge in [-0.05, 0) is 44.4 Å². The Morgan fingerprint density at radius 1 is 1.25 bits per heavy atom. The van der Waals surface area contributed by atoms with Crippen LogP contribution in [0, 0.1) is 5.92 Å². The van der Waals surface area contributed by atoms with Gasteiger partial charge >= 0.3 is 0 Å². The molecule has 0 N–H and O–H groups in total. The van der Waals surface area contributed by atoms with Gasteiger partial charge in [0.1, 0.15) is 6.79 Å². The molecule has 7 nitrogen and oxygen atoms in total. The summed E-state index contributed by atoms with van der Waals surface area (Å²) in [6.07, 6.45) is 6.66. The molecule has 0 unspecified atom stereocenters. The number of hydrogen-bond donors (Lipinski definition) is 0. The van der Waals surface area contributed by atoms with Crippen molar-refractivity contribution < 1.29 is 26.9 Å². The molecule has 3 aliphatic rings. The van der Waals surface area contributed by atoms with Gasteiger partial charge in [0.2, 0.25) is 0 Å². The normalized spacial score (nSPS) is 36.5. The van der Waals surface area contributed by atoms with E-state index in [0.717, 1.165) is 44.8 Å². The fraction of sp³-hybridized carbons (Fsp3) is 0.938. The number of carbonyl (C=O) groups is 1. The first-order chi connectivity index (χ1) is 11.4. The van der Waals surface area contributed by atoms with Gasteiger partial charge in [-0.15, -0.1) is 0 Å². The lowest BCUT2D eigenvalue weighted by atomic mass is 9.71. The molecule has 2 heterocycles. The second-order valence-electron chi connectivity index (χ2n) is 7.25. The molecule has 0 bridgehead atoms. The van der Waals surface area contributed by atoms with Crippen molar-refractivity contribution in [3.63, 3.8) is 0 Å². The van der Waals surface area contributed by atoms with Crippen LogP contribution in [0.25, 0.3) is 0 Å². The molecular formula is C16H27NO6S. The van der Waals surface area contributed by atoms with Crippen LogP contribution in [0.1, 0.15) is 44.9 Å². The van der Waals surface area contributed by atoms with Crippen LogP contribution < -0.4 is 0 Å². The third-order valence-corrected chi connectivity index (χ3v) is 6.31. The highest BCUT2D eigenvalue weighted by atomic mass is 32.2. The van der Waals surface area contributed by atoms with E-state index in [1.54, 1.807) is 7.11 Å². The Bertz CT molecular complexity index is 579. The Morgan fingerprint density at radius 3 is 2.62 bits per heavy atom. The summed E-state index contributed by atoms with van der Waals surface area (Å²) >= 11 is 0. The highest BCUT2D eigenvalue weighted by molar-refractivity contribution is 7.86. The van der Waals surface area contributed by atoms with Gasteiger partial charge in [-0.2, -0.15) is 8.42 Å². The number of ether oxygens (including phenoxy) is 2. The lowest BCUT2D eigenvalue weighted by molar-refractivity contribution is -0.171. The molecule has 1 saturated carbocycles. The van der Waals surface area contributed by atoms with Crippen LogP contribution in [0.15, 0.2) is 0 Å². The molecule has 1 amide bonds. The molecule has 24 heavy (non-hydrogen) atoms. The summed E-state index contributed by atoms with van der Waals surface area (Å²) in [6, 6.07) is -0.0343. The Hall–Kier alpha value is -0.700. The minimum Gasteiger partial charge on any atom is -0.359 e. The van der Waals surface area contributed by atoms with Gasteiger partial charge in [0.05, 0.1) is 18.9 Å². The van der Waals surface area contributed by atoms with Gasteiger partial charge in [0.15, 0.2) is 6.10 Å². The SMILES string of the molecule is COCOC[C@H]1CCC[C@@]23CCC[C@@H]2C[C@H](OS(C)(=O)=O)C(=O)N13. The predicted octanol–water partition coefficient (Wildman–Crippen LogP) is 1.28. The van der Waals surface area contributed by atoms with E-state index in [0.29, 0.717) is 18.9 Å². The van der Waals surface area contributed by atoms with Crippen molar-refractivity contribution >= 4 is 16.0 Å². The Balaban J connectivity index is 1.85. The number of carbonyl (C=O) groups excluding carboxylic acids is 1. The van der Waals surface area contributed by atoms with E-state index >= 15 is 0 Å². The fourth-order valence-electron chi connectivity index (χ4n) is 5.00. The van der Waals surface area contributed by atoms with E-state index in [-0.39, 0.29) is 24.3 Å². The molecule has 2 saturated heterocycles. The van der Waals surface area contributed by atoms with E-state index in [9.17, 15) is 13.2 Å². The number of rotatable bonds is 6. The average Bonchev–Trinajstić information content (AvgIpc) is 2.89. The van der Waals surface area contributed by atoms with Crippen LogP contribution in [0.3, 0.4) is 0 Å².